The summed E-state index contributed by atoms with van der Waals surface area (Å²) >= 11 is 0. The second-order valence-electron chi connectivity index (χ2n) is 2.63. The molecule has 2 nitrogen and oxygen atoms in total. The lowest BCUT2D eigenvalue weighted by atomic mass is 10.1. The standard InChI is InChI=1S/C8H13NO/c1-2-7(9)6-4-3-5-8(6)10/h2-5,9H2,1H3/b7-6+. The Kier molecular flexibility index (Phi) is 2.10. The van der Waals surface area contributed by atoms with Crippen molar-refractivity contribution in [3.05, 3.63) is 11.3 Å². The summed E-state index contributed by atoms with van der Waals surface area (Å²) < 4.78 is 0. The zero-order chi connectivity index (χ0) is 7.56. The van der Waals surface area contributed by atoms with Crippen molar-refractivity contribution in [2.24, 2.45) is 5.73 Å². The molecule has 0 radical (unpaired) electrons. The fourth-order valence-electron chi connectivity index (χ4n) is 1.27. The van der Waals surface area contributed by atoms with Crippen LogP contribution in [0.5, 0.6) is 0 Å². The predicted molar refractivity (Wildman–Crippen MR) is 40.4 cm³/mol. The minimum atomic E-state index is 0.263. The third kappa shape index (κ3) is 1.20. The Labute approximate surface area is 61.1 Å². The molecule has 2 heteroatoms. The van der Waals surface area contributed by atoms with Gasteiger partial charge in [0, 0.05) is 17.7 Å². The van der Waals surface area contributed by atoms with Gasteiger partial charge in [-0.3, -0.25) is 4.79 Å². The first kappa shape index (κ1) is 7.32. The van der Waals surface area contributed by atoms with Crippen LogP contribution in [-0.4, -0.2) is 5.78 Å². The average Bonchev–Trinajstić information content (AvgIpc) is 2.34. The number of hydrogen-bond acceptors (Lipinski definition) is 2. The summed E-state index contributed by atoms with van der Waals surface area (Å²) in [6, 6.07) is 0. The van der Waals surface area contributed by atoms with Crippen molar-refractivity contribution < 1.29 is 4.79 Å². The molecule has 0 unspecified atom stereocenters. The molecular formula is C8H13NO. The Bertz CT molecular complexity index is 182. The van der Waals surface area contributed by atoms with E-state index < -0.39 is 0 Å². The van der Waals surface area contributed by atoms with E-state index in [1.807, 2.05) is 6.92 Å². The van der Waals surface area contributed by atoms with E-state index in [1.54, 1.807) is 0 Å². The van der Waals surface area contributed by atoms with Gasteiger partial charge >= 0.3 is 0 Å². The van der Waals surface area contributed by atoms with Crippen molar-refractivity contribution in [3.63, 3.8) is 0 Å². The molecule has 0 heterocycles. The fraction of sp³-hybridized carbons (Fsp3) is 0.625. The second-order valence-corrected chi connectivity index (χ2v) is 2.63. The number of hydrogen-bond donors (Lipinski definition) is 1. The minimum absolute atomic E-state index is 0.263. The molecule has 10 heavy (non-hydrogen) atoms. The van der Waals surface area contributed by atoms with Gasteiger partial charge in [-0.25, -0.2) is 0 Å². The van der Waals surface area contributed by atoms with Crippen LogP contribution in [0.4, 0.5) is 0 Å². The maximum absolute atomic E-state index is 11.0. The molecule has 0 amide bonds. The van der Waals surface area contributed by atoms with Crippen LogP contribution in [0.1, 0.15) is 32.6 Å². The lowest BCUT2D eigenvalue weighted by Crippen LogP contribution is -2.04. The molecule has 1 rings (SSSR count). The number of carbonyl (C=O) groups excluding carboxylic acids is 1. The van der Waals surface area contributed by atoms with Crippen molar-refractivity contribution in [1.82, 2.24) is 0 Å². The average molecular weight is 139 g/mol. The van der Waals surface area contributed by atoms with Crippen molar-refractivity contribution in [3.8, 4) is 0 Å². The van der Waals surface area contributed by atoms with Crippen LogP contribution >= 0.6 is 0 Å². The van der Waals surface area contributed by atoms with E-state index in [0.717, 1.165) is 30.5 Å². The van der Waals surface area contributed by atoms with Crippen molar-refractivity contribution >= 4 is 5.78 Å². The second kappa shape index (κ2) is 2.86. The van der Waals surface area contributed by atoms with Crippen LogP contribution in [0.25, 0.3) is 0 Å². The van der Waals surface area contributed by atoms with E-state index >= 15 is 0 Å². The van der Waals surface area contributed by atoms with Crippen LogP contribution in [0.3, 0.4) is 0 Å². The molecule has 1 fully saturated rings. The molecule has 1 aliphatic rings. The molecular weight excluding hydrogens is 126 g/mol. The highest BCUT2D eigenvalue weighted by Gasteiger charge is 2.18. The van der Waals surface area contributed by atoms with Gasteiger partial charge in [0.05, 0.1) is 0 Å². The lowest BCUT2D eigenvalue weighted by molar-refractivity contribution is -0.114. The summed E-state index contributed by atoms with van der Waals surface area (Å²) in [4.78, 5) is 11.0. The summed E-state index contributed by atoms with van der Waals surface area (Å²) in [6.45, 7) is 1.98. The summed E-state index contributed by atoms with van der Waals surface area (Å²) in [7, 11) is 0. The van der Waals surface area contributed by atoms with Gasteiger partial charge in [-0.2, -0.15) is 0 Å². The van der Waals surface area contributed by atoms with Crippen molar-refractivity contribution in [2.75, 3.05) is 0 Å². The summed E-state index contributed by atoms with van der Waals surface area (Å²) in [5.41, 5.74) is 7.31. The topological polar surface area (TPSA) is 43.1 Å². The van der Waals surface area contributed by atoms with Crippen LogP contribution in [0.15, 0.2) is 11.3 Å². The molecule has 0 aromatic rings. The van der Waals surface area contributed by atoms with E-state index in [4.69, 9.17) is 5.73 Å². The van der Waals surface area contributed by atoms with Gasteiger partial charge in [-0.15, -0.1) is 0 Å². The van der Waals surface area contributed by atoms with Gasteiger partial charge in [0.2, 0.25) is 0 Å². The molecule has 1 saturated carbocycles. The maximum Gasteiger partial charge on any atom is 0.160 e. The number of rotatable bonds is 1. The number of nitrogens with two attached hydrogens (primary N) is 1. The van der Waals surface area contributed by atoms with Gasteiger partial charge in [-0.05, 0) is 19.3 Å². The Morgan fingerprint density at radius 2 is 2.30 bits per heavy atom. The number of ketones is 1. The Balaban J connectivity index is 2.79. The molecule has 0 aliphatic heterocycles. The molecule has 0 spiro atoms. The maximum atomic E-state index is 11.0. The molecule has 0 saturated heterocycles. The van der Waals surface area contributed by atoms with E-state index in [0.29, 0.717) is 6.42 Å². The van der Waals surface area contributed by atoms with Gasteiger partial charge in [0.15, 0.2) is 5.78 Å². The Morgan fingerprint density at radius 3 is 2.70 bits per heavy atom. The molecule has 1 aliphatic carbocycles. The van der Waals surface area contributed by atoms with E-state index in [-0.39, 0.29) is 5.78 Å². The van der Waals surface area contributed by atoms with Crippen LogP contribution in [0.2, 0.25) is 0 Å². The highest BCUT2D eigenvalue weighted by atomic mass is 16.1. The predicted octanol–water partition coefficient (Wildman–Crippen LogP) is 1.36. The van der Waals surface area contributed by atoms with E-state index in [2.05, 4.69) is 0 Å². The summed E-state index contributed by atoms with van der Waals surface area (Å²) in [5.74, 6) is 0.263. The van der Waals surface area contributed by atoms with Crippen LogP contribution in [0, 0.1) is 0 Å². The summed E-state index contributed by atoms with van der Waals surface area (Å²) in [5, 5.41) is 0. The highest BCUT2D eigenvalue weighted by molar-refractivity contribution is 5.97. The number of allylic oxidation sites excluding steroid dienone is 2. The Morgan fingerprint density at radius 1 is 1.60 bits per heavy atom. The van der Waals surface area contributed by atoms with E-state index in [9.17, 15) is 4.79 Å². The highest BCUT2D eigenvalue weighted by Crippen LogP contribution is 2.22. The Hall–Kier alpha value is -0.790. The SMILES string of the molecule is CC/C(N)=C1/CCCC1=O. The van der Waals surface area contributed by atoms with Crippen LogP contribution in [-0.2, 0) is 4.79 Å². The molecule has 2 N–H and O–H groups in total. The van der Waals surface area contributed by atoms with Crippen LogP contribution < -0.4 is 5.73 Å². The molecule has 0 aromatic heterocycles. The van der Waals surface area contributed by atoms with Crippen molar-refractivity contribution in [2.45, 2.75) is 32.6 Å². The third-order valence-electron chi connectivity index (χ3n) is 1.94. The first-order valence-corrected chi connectivity index (χ1v) is 3.76. The molecule has 0 atom stereocenters. The van der Waals surface area contributed by atoms with Crippen molar-refractivity contribution in [1.29, 1.82) is 0 Å². The van der Waals surface area contributed by atoms with Gasteiger partial charge in [0.25, 0.3) is 0 Å². The molecule has 0 bridgehead atoms. The number of carbonyl (C=O) groups is 1. The monoisotopic (exact) mass is 139 g/mol. The van der Waals surface area contributed by atoms with Gasteiger partial charge in [0.1, 0.15) is 0 Å². The van der Waals surface area contributed by atoms with Gasteiger partial charge < -0.3 is 5.73 Å². The minimum Gasteiger partial charge on any atom is -0.402 e. The summed E-state index contributed by atoms with van der Waals surface area (Å²) in [6.07, 6.45) is 3.41. The quantitative estimate of drug-likeness (QED) is 0.557. The fourth-order valence-corrected chi connectivity index (χ4v) is 1.27. The molecule has 0 aromatic carbocycles. The first-order valence-electron chi connectivity index (χ1n) is 3.76. The van der Waals surface area contributed by atoms with Gasteiger partial charge in [-0.1, -0.05) is 6.92 Å². The third-order valence-corrected chi connectivity index (χ3v) is 1.94. The van der Waals surface area contributed by atoms with E-state index in [1.165, 1.54) is 0 Å². The largest absolute Gasteiger partial charge is 0.402 e. The zero-order valence-electron chi connectivity index (χ0n) is 6.31. The lowest BCUT2D eigenvalue weighted by Gasteiger charge is -1.99. The smallest absolute Gasteiger partial charge is 0.160 e. The molecule has 56 valence electrons. The zero-order valence-corrected chi connectivity index (χ0v) is 6.31. The number of Topliss-reactive ketones (excluding diaryl/α,β-unsaturated/α-hetero) is 1. The first-order chi connectivity index (χ1) is 4.75. The normalized spacial score (nSPS) is 23.5.